The van der Waals surface area contributed by atoms with Crippen LogP contribution in [0.4, 0.5) is 17.2 Å². The van der Waals surface area contributed by atoms with Crippen molar-refractivity contribution in [2.45, 2.75) is 38.8 Å². The van der Waals surface area contributed by atoms with Crippen molar-refractivity contribution >= 4 is 17.2 Å². The molecule has 33 heavy (non-hydrogen) atoms. The van der Waals surface area contributed by atoms with Gasteiger partial charge in [-0.1, -0.05) is 19.9 Å². The quantitative estimate of drug-likeness (QED) is 0.745. The zero-order chi connectivity index (χ0) is 22.4. The van der Waals surface area contributed by atoms with Crippen LogP contribution in [0.1, 0.15) is 37.3 Å². The Hall–Kier alpha value is -2.35. The van der Waals surface area contributed by atoms with E-state index >= 15 is 0 Å². The molecule has 7 nitrogen and oxygen atoms in total. The Labute approximate surface area is 196 Å². The molecule has 1 aromatic heterocycles. The molecule has 0 amide bonds. The first-order valence-electron chi connectivity index (χ1n) is 12.4. The highest BCUT2D eigenvalue weighted by molar-refractivity contribution is 5.73. The largest absolute Gasteiger partial charge is 0.487 e. The Bertz CT molecular complexity index is 1020. The number of anilines is 3. The monoisotopic (exact) mass is 449 g/mol. The van der Waals surface area contributed by atoms with E-state index in [0.717, 1.165) is 74.8 Å². The molecule has 3 saturated heterocycles. The van der Waals surface area contributed by atoms with Gasteiger partial charge in [0.05, 0.1) is 24.5 Å². The van der Waals surface area contributed by atoms with Crippen molar-refractivity contribution < 1.29 is 9.47 Å². The Morgan fingerprint density at radius 2 is 1.94 bits per heavy atom. The average Bonchev–Trinajstić information content (AvgIpc) is 2.96. The molecule has 176 valence electrons. The zero-order valence-corrected chi connectivity index (χ0v) is 19.8. The van der Waals surface area contributed by atoms with Crippen LogP contribution >= 0.6 is 0 Å². The van der Waals surface area contributed by atoms with Gasteiger partial charge in [-0.05, 0) is 48.1 Å². The van der Waals surface area contributed by atoms with Crippen molar-refractivity contribution in [2.75, 3.05) is 62.7 Å². The van der Waals surface area contributed by atoms with Crippen LogP contribution in [0, 0.1) is 5.41 Å². The van der Waals surface area contributed by atoms with Gasteiger partial charge >= 0.3 is 0 Å². The van der Waals surface area contributed by atoms with E-state index in [0.29, 0.717) is 12.5 Å². The number of nitrogens with zero attached hydrogens (tertiary/aromatic N) is 3. The van der Waals surface area contributed by atoms with Gasteiger partial charge in [0.1, 0.15) is 18.2 Å². The molecule has 7 heteroatoms. The fourth-order valence-electron chi connectivity index (χ4n) is 5.96. The van der Waals surface area contributed by atoms with Crippen LogP contribution in [0.25, 0.3) is 0 Å². The summed E-state index contributed by atoms with van der Waals surface area (Å²) in [4.78, 5) is 9.75. The SMILES string of the molecule is CC1(C)CN(C2CNC2)CC[C@H]1c1ccc2c(c1)Nc1nccc(N3CCOCC3)c1CO2. The maximum atomic E-state index is 6.30. The van der Waals surface area contributed by atoms with Gasteiger partial charge in [0.15, 0.2) is 0 Å². The number of nitrogens with one attached hydrogen (secondary N) is 2. The third-order valence-corrected chi connectivity index (χ3v) is 7.95. The van der Waals surface area contributed by atoms with Gasteiger partial charge in [-0.2, -0.15) is 0 Å². The molecule has 0 aliphatic carbocycles. The van der Waals surface area contributed by atoms with Crippen molar-refractivity contribution in [1.29, 1.82) is 0 Å². The highest BCUT2D eigenvalue weighted by Crippen LogP contribution is 2.45. The van der Waals surface area contributed by atoms with Gasteiger partial charge in [0.25, 0.3) is 0 Å². The number of likely N-dealkylation sites (tertiary alicyclic amines) is 1. The molecule has 0 radical (unpaired) electrons. The van der Waals surface area contributed by atoms with E-state index in [1.54, 1.807) is 0 Å². The van der Waals surface area contributed by atoms with E-state index in [4.69, 9.17) is 9.47 Å². The molecule has 3 fully saturated rings. The summed E-state index contributed by atoms with van der Waals surface area (Å²) in [6.45, 7) is 13.3. The van der Waals surface area contributed by atoms with E-state index in [1.807, 2.05) is 6.20 Å². The van der Waals surface area contributed by atoms with Crippen LogP contribution in [-0.4, -0.2) is 68.4 Å². The van der Waals surface area contributed by atoms with Crippen LogP contribution in [0.5, 0.6) is 5.75 Å². The lowest BCUT2D eigenvalue weighted by Crippen LogP contribution is -2.61. The van der Waals surface area contributed by atoms with Crippen molar-refractivity contribution in [2.24, 2.45) is 5.41 Å². The van der Waals surface area contributed by atoms with Crippen molar-refractivity contribution in [1.82, 2.24) is 15.2 Å². The number of morpholine rings is 1. The molecule has 0 saturated carbocycles. The van der Waals surface area contributed by atoms with Gasteiger partial charge < -0.3 is 25.0 Å². The molecule has 1 atom stereocenters. The number of pyridine rings is 1. The first kappa shape index (κ1) is 21.2. The third kappa shape index (κ3) is 3.96. The molecule has 4 aliphatic heterocycles. The van der Waals surface area contributed by atoms with E-state index in [9.17, 15) is 0 Å². The molecule has 0 unspecified atom stereocenters. The third-order valence-electron chi connectivity index (χ3n) is 7.95. The molecule has 5 heterocycles. The second kappa shape index (κ2) is 8.46. The van der Waals surface area contributed by atoms with Gasteiger partial charge in [0.2, 0.25) is 0 Å². The van der Waals surface area contributed by atoms with Gasteiger partial charge in [-0.25, -0.2) is 4.98 Å². The number of fused-ring (bicyclic) bond motifs is 2. The Morgan fingerprint density at radius 3 is 2.70 bits per heavy atom. The van der Waals surface area contributed by atoms with Crippen LogP contribution < -0.4 is 20.3 Å². The fraction of sp³-hybridized carbons (Fsp3) is 0.577. The minimum absolute atomic E-state index is 0.229. The standard InChI is InChI=1S/C26H35N5O2/c1-26(2)17-31(19-14-27-15-19)8-6-21(26)18-3-4-24-22(13-18)29-25-20(16-33-24)23(5-7-28-25)30-9-11-32-12-10-30/h3-5,7,13,19,21,27H,6,8-12,14-17H2,1-2H3,(H,28,29)/t21-/m0/s1. The second-order valence-corrected chi connectivity index (χ2v) is 10.5. The first-order chi connectivity index (χ1) is 16.1. The summed E-state index contributed by atoms with van der Waals surface area (Å²) >= 11 is 0. The highest BCUT2D eigenvalue weighted by atomic mass is 16.5. The minimum atomic E-state index is 0.229. The number of ether oxygens (including phenoxy) is 2. The predicted octanol–water partition coefficient (Wildman–Crippen LogP) is 3.34. The molecular weight excluding hydrogens is 414 g/mol. The van der Waals surface area contributed by atoms with Crippen LogP contribution in [0.2, 0.25) is 0 Å². The molecule has 6 rings (SSSR count). The number of rotatable bonds is 3. The number of piperidine rings is 1. The number of benzene rings is 1. The van der Waals surface area contributed by atoms with Gasteiger partial charge in [-0.15, -0.1) is 0 Å². The van der Waals surface area contributed by atoms with Crippen LogP contribution in [0.3, 0.4) is 0 Å². The lowest BCUT2D eigenvalue weighted by molar-refractivity contribution is 0.0394. The van der Waals surface area contributed by atoms with Crippen LogP contribution in [-0.2, 0) is 11.3 Å². The molecule has 1 aromatic carbocycles. The molecule has 2 aromatic rings. The topological polar surface area (TPSA) is 61.9 Å². The lowest BCUT2D eigenvalue weighted by atomic mass is 9.70. The lowest BCUT2D eigenvalue weighted by Gasteiger charge is -2.49. The maximum absolute atomic E-state index is 6.30. The van der Waals surface area contributed by atoms with E-state index in [1.165, 1.54) is 24.2 Å². The number of hydrogen-bond acceptors (Lipinski definition) is 7. The summed E-state index contributed by atoms with van der Waals surface area (Å²) in [7, 11) is 0. The summed E-state index contributed by atoms with van der Waals surface area (Å²) in [6, 6.07) is 9.55. The first-order valence-corrected chi connectivity index (χ1v) is 12.4. The molecule has 0 bridgehead atoms. The Balaban J connectivity index is 1.26. The number of aromatic nitrogens is 1. The van der Waals surface area contributed by atoms with E-state index in [-0.39, 0.29) is 5.41 Å². The summed E-state index contributed by atoms with van der Waals surface area (Å²) in [5, 5.41) is 7.04. The average molecular weight is 450 g/mol. The number of hydrogen-bond donors (Lipinski definition) is 2. The smallest absolute Gasteiger partial charge is 0.143 e. The maximum Gasteiger partial charge on any atom is 0.143 e. The molecular formula is C26H35N5O2. The Kier molecular flexibility index (Phi) is 5.43. The highest BCUT2D eigenvalue weighted by Gasteiger charge is 2.40. The summed E-state index contributed by atoms with van der Waals surface area (Å²) < 4.78 is 11.8. The second-order valence-electron chi connectivity index (χ2n) is 10.5. The van der Waals surface area contributed by atoms with Gasteiger partial charge in [-0.3, -0.25) is 4.90 Å². The summed E-state index contributed by atoms with van der Waals surface area (Å²) in [6.07, 6.45) is 3.10. The fourth-order valence-corrected chi connectivity index (χ4v) is 5.96. The van der Waals surface area contributed by atoms with Crippen LogP contribution in [0.15, 0.2) is 30.5 Å². The summed E-state index contributed by atoms with van der Waals surface area (Å²) in [5.74, 6) is 2.34. The molecule has 4 aliphatic rings. The predicted molar refractivity (Wildman–Crippen MR) is 131 cm³/mol. The molecule has 0 spiro atoms. The minimum Gasteiger partial charge on any atom is -0.487 e. The van der Waals surface area contributed by atoms with E-state index < -0.39 is 0 Å². The normalized spacial score (nSPS) is 25.2. The van der Waals surface area contributed by atoms with Gasteiger partial charge in [0, 0.05) is 50.6 Å². The van der Waals surface area contributed by atoms with Crippen molar-refractivity contribution in [3.63, 3.8) is 0 Å². The van der Waals surface area contributed by atoms with Crippen molar-refractivity contribution in [3.05, 3.63) is 41.6 Å². The Morgan fingerprint density at radius 1 is 1.09 bits per heavy atom. The zero-order valence-electron chi connectivity index (χ0n) is 19.8. The van der Waals surface area contributed by atoms with Crippen molar-refractivity contribution in [3.8, 4) is 5.75 Å². The summed E-state index contributed by atoms with van der Waals surface area (Å²) in [5.41, 5.74) is 4.98. The molecule has 2 N–H and O–H groups in total. The van der Waals surface area contributed by atoms with E-state index in [2.05, 4.69) is 63.5 Å².